The summed E-state index contributed by atoms with van der Waals surface area (Å²) in [5.74, 6) is -1.88. The third-order valence-electron chi connectivity index (χ3n) is 5.96. The Morgan fingerprint density at radius 2 is 0.844 bits per heavy atom. The van der Waals surface area contributed by atoms with Crippen molar-refractivity contribution >= 4 is 23.6 Å². The number of benzene rings is 2. The Morgan fingerprint density at radius 3 is 1.09 bits per heavy atom. The summed E-state index contributed by atoms with van der Waals surface area (Å²) in [6, 6.07) is 12.9. The highest BCUT2D eigenvalue weighted by Gasteiger charge is 2.42. The molecule has 0 radical (unpaired) electrons. The molecule has 2 aromatic carbocycles. The van der Waals surface area contributed by atoms with Gasteiger partial charge in [0.05, 0.1) is 46.5 Å². The van der Waals surface area contributed by atoms with Gasteiger partial charge in [-0.3, -0.25) is 29.0 Å². The van der Waals surface area contributed by atoms with Gasteiger partial charge in [0.1, 0.15) is 0 Å². The van der Waals surface area contributed by atoms with Crippen molar-refractivity contribution in [1.82, 2.24) is 9.80 Å². The third-order valence-corrected chi connectivity index (χ3v) is 5.96. The average molecular weight is 436 g/mol. The van der Waals surface area contributed by atoms with Crippen LogP contribution in [0.15, 0.2) is 48.5 Å². The van der Waals surface area contributed by atoms with Crippen LogP contribution < -0.4 is 0 Å². The van der Waals surface area contributed by atoms with Crippen molar-refractivity contribution in [3.8, 4) is 0 Å². The van der Waals surface area contributed by atoms with Crippen LogP contribution in [-0.2, 0) is 0 Å². The Bertz CT molecular complexity index is 977. The first kappa shape index (κ1) is 21.9. The van der Waals surface area contributed by atoms with Gasteiger partial charge in [-0.05, 0) is 51.0 Å². The fourth-order valence-electron chi connectivity index (χ4n) is 4.14. The first-order chi connectivity index (χ1) is 15.0. The topological polar surface area (TPSA) is 115 Å². The number of hydrogen-bond acceptors (Lipinski definition) is 6. The van der Waals surface area contributed by atoms with E-state index >= 15 is 0 Å². The van der Waals surface area contributed by atoms with E-state index in [2.05, 4.69) is 0 Å². The van der Waals surface area contributed by atoms with E-state index in [-0.39, 0.29) is 25.9 Å². The largest absolute Gasteiger partial charge is 0.388 e. The van der Waals surface area contributed by atoms with E-state index in [0.29, 0.717) is 22.3 Å². The fourth-order valence-corrected chi connectivity index (χ4v) is 4.14. The highest BCUT2D eigenvalue weighted by Crippen LogP contribution is 2.29. The molecule has 2 heterocycles. The van der Waals surface area contributed by atoms with Crippen LogP contribution in [0.1, 0.15) is 68.1 Å². The van der Waals surface area contributed by atoms with Crippen LogP contribution in [0, 0.1) is 0 Å². The summed E-state index contributed by atoms with van der Waals surface area (Å²) in [5, 5.41) is 21.7. The van der Waals surface area contributed by atoms with E-state index in [1.807, 2.05) is 0 Å². The maximum absolute atomic E-state index is 12.6. The molecule has 4 rings (SSSR count). The third kappa shape index (κ3) is 3.83. The number of carbonyl (C=O) groups excluding carboxylic acids is 4. The van der Waals surface area contributed by atoms with Gasteiger partial charge >= 0.3 is 0 Å². The summed E-state index contributed by atoms with van der Waals surface area (Å²) in [5.41, 5.74) is -1.76. The lowest BCUT2D eigenvalue weighted by Gasteiger charge is -2.33. The van der Waals surface area contributed by atoms with Crippen LogP contribution >= 0.6 is 0 Å². The van der Waals surface area contributed by atoms with Crippen LogP contribution in [0.5, 0.6) is 0 Å². The summed E-state index contributed by atoms with van der Waals surface area (Å²) in [6.07, 6.45) is 0.0765. The highest BCUT2D eigenvalue weighted by molar-refractivity contribution is 6.22. The molecule has 4 amide bonds. The molecule has 166 valence electrons. The number of rotatable bonds is 7. The monoisotopic (exact) mass is 436 g/mol. The van der Waals surface area contributed by atoms with Crippen molar-refractivity contribution < 1.29 is 29.4 Å². The minimum Gasteiger partial charge on any atom is -0.388 e. The molecule has 2 aromatic rings. The predicted molar refractivity (Wildman–Crippen MR) is 114 cm³/mol. The molecule has 2 aliphatic rings. The smallest absolute Gasteiger partial charge is 0.261 e. The number of carbonyl (C=O) groups is 4. The molecule has 2 atom stereocenters. The molecule has 0 saturated carbocycles. The molecule has 2 N–H and O–H groups in total. The van der Waals surface area contributed by atoms with Gasteiger partial charge in [-0.25, -0.2) is 0 Å². The molecule has 0 spiro atoms. The zero-order valence-corrected chi connectivity index (χ0v) is 17.9. The average Bonchev–Trinajstić information content (AvgIpc) is 3.13. The number of nitrogens with zero attached hydrogens (tertiary/aromatic N) is 2. The van der Waals surface area contributed by atoms with Crippen LogP contribution in [-0.4, -0.2) is 67.9 Å². The second-order valence-corrected chi connectivity index (χ2v) is 8.98. The van der Waals surface area contributed by atoms with Crippen molar-refractivity contribution in [2.24, 2.45) is 0 Å². The Morgan fingerprint density at radius 1 is 0.594 bits per heavy atom. The van der Waals surface area contributed by atoms with Crippen molar-refractivity contribution in [2.45, 2.75) is 37.9 Å². The molecule has 0 aromatic heterocycles. The van der Waals surface area contributed by atoms with Gasteiger partial charge in [0, 0.05) is 0 Å². The van der Waals surface area contributed by atoms with Crippen molar-refractivity contribution in [2.75, 3.05) is 13.1 Å². The highest BCUT2D eigenvalue weighted by atomic mass is 16.3. The van der Waals surface area contributed by atoms with Crippen LogP contribution in [0.2, 0.25) is 0 Å². The van der Waals surface area contributed by atoms with Gasteiger partial charge in [0.2, 0.25) is 0 Å². The summed E-state index contributed by atoms with van der Waals surface area (Å²) in [6.45, 7) is 2.49. The number of fused-ring (bicyclic) bond motifs is 2. The second kappa shape index (κ2) is 7.65. The molecular weight excluding hydrogens is 412 g/mol. The Hall–Kier alpha value is -3.36. The molecule has 8 heteroatoms. The molecule has 2 aliphatic heterocycles. The zero-order chi connectivity index (χ0) is 23.3. The lowest BCUT2D eigenvalue weighted by molar-refractivity contribution is -0.0238. The zero-order valence-electron chi connectivity index (χ0n) is 17.9. The van der Waals surface area contributed by atoms with Crippen LogP contribution in [0.4, 0.5) is 0 Å². The van der Waals surface area contributed by atoms with E-state index in [1.165, 1.54) is 13.8 Å². The van der Waals surface area contributed by atoms with Crippen molar-refractivity contribution in [3.63, 3.8) is 0 Å². The van der Waals surface area contributed by atoms with E-state index in [0.717, 1.165) is 9.80 Å². The molecule has 0 saturated heterocycles. The Kier molecular flexibility index (Phi) is 5.22. The summed E-state index contributed by atoms with van der Waals surface area (Å²) >= 11 is 0. The Balaban J connectivity index is 1.39. The predicted octanol–water partition coefficient (Wildman–Crippen LogP) is 1.86. The van der Waals surface area contributed by atoms with Gasteiger partial charge < -0.3 is 10.2 Å². The van der Waals surface area contributed by atoms with E-state index in [1.54, 1.807) is 48.5 Å². The number of aliphatic hydroxyl groups is 2. The second-order valence-electron chi connectivity index (χ2n) is 8.98. The summed E-state index contributed by atoms with van der Waals surface area (Å²) in [4.78, 5) is 52.2. The lowest BCUT2D eigenvalue weighted by Crippen LogP contribution is -2.47. The van der Waals surface area contributed by atoms with Crippen molar-refractivity contribution in [1.29, 1.82) is 0 Å². The summed E-state index contributed by atoms with van der Waals surface area (Å²) in [7, 11) is 0. The minimum absolute atomic E-state index is 0.0383. The van der Waals surface area contributed by atoms with E-state index < -0.39 is 34.8 Å². The molecule has 2 unspecified atom stereocenters. The summed E-state index contributed by atoms with van der Waals surface area (Å²) < 4.78 is 0. The normalized spacial score (nSPS) is 19.1. The number of hydrogen-bond donors (Lipinski definition) is 2. The van der Waals surface area contributed by atoms with Crippen LogP contribution in [0.25, 0.3) is 0 Å². The van der Waals surface area contributed by atoms with Crippen molar-refractivity contribution in [3.05, 3.63) is 70.8 Å². The first-order valence-electron chi connectivity index (χ1n) is 10.4. The fraction of sp³-hybridized carbons (Fsp3) is 0.333. The minimum atomic E-state index is -1.47. The molecule has 0 aliphatic carbocycles. The van der Waals surface area contributed by atoms with Crippen LogP contribution in [0.3, 0.4) is 0 Å². The molecule has 0 fully saturated rings. The SMILES string of the molecule is CC(O)(CCC(C)(O)CN1C(=O)c2ccccc2C1=O)CN1C(=O)c2ccccc2C1=O. The first-order valence-corrected chi connectivity index (χ1v) is 10.4. The van der Waals surface area contributed by atoms with Gasteiger partial charge in [-0.1, -0.05) is 24.3 Å². The van der Waals surface area contributed by atoms with Gasteiger partial charge in [0.15, 0.2) is 0 Å². The number of imide groups is 2. The standard InChI is InChI=1S/C24H24N2O6/c1-23(31,13-25-19(27)15-7-3-4-8-16(15)20(25)28)11-12-24(2,32)14-26-21(29)17-9-5-6-10-18(17)22(26)30/h3-10,31-32H,11-14H2,1-2H3. The number of β-amino-alcohol motifs (C(OH)–C–C–N with tert-alkyl or cyclic N) is 2. The van der Waals surface area contributed by atoms with Gasteiger partial charge in [-0.2, -0.15) is 0 Å². The molecular formula is C24H24N2O6. The maximum atomic E-state index is 12.6. The number of amides is 4. The quantitative estimate of drug-likeness (QED) is 0.641. The lowest BCUT2D eigenvalue weighted by atomic mass is 9.90. The Labute approximate surface area is 185 Å². The maximum Gasteiger partial charge on any atom is 0.261 e. The molecule has 0 bridgehead atoms. The van der Waals surface area contributed by atoms with Gasteiger partial charge in [-0.15, -0.1) is 0 Å². The van der Waals surface area contributed by atoms with Gasteiger partial charge in [0.25, 0.3) is 23.6 Å². The molecule has 32 heavy (non-hydrogen) atoms. The molecule has 8 nitrogen and oxygen atoms in total. The van der Waals surface area contributed by atoms with E-state index in [9.17, 15) is 29.4 Å². The van der Waals surface area contributed by atoms with E-state index in [4.69, 9.17) is 0 Å².